The normalized spacial score (nSPS) is 30.3. The van der Waals surface area contributed by atoms with Gasteiger partial charge in [-0.3, -0.25) is 4.79 Å². The van der Waals surface area contributed by atoms with Crippen molar-refractivity contribution in [1.82, 2.24) is 10.2 Å². The molecular formula is C24H33F3N2O4. The molecule has 0 aromatic heterocycles. The Morgan fingerprint density at radius 3 is 2.88 bits per heavy atom. The number of carbonyl (C=O) groups excluding carboxylic acids is 1. The first-order valence-corrected chi connectivity index (χ1v) is 11.7. The van der Waals surface area contributed by atoms with E-state index in [1.165, 1.54) is 12.1 Å². The Labute approximate surface area is 192 Å². The van der Waals surface area contributed by atoms with Crippen LogP contribution in [0.3, 0.4) is 0 Å². The van der Waals surface area contributed by atoms with Crippen LogP contribution in [0.1, 0.15) is 48.8 Å². The molecule has 6 nitrogen and oxygen atoms in total. The summed E-state index contributed by atoms with van der Waals surface area (Å²) in [6, 6.07) is 4.08. The average Bonchev–Trinajstić information content (AvgIpc) is 3.21. The quantitative estimate of drug-likeness (QED) is 0.669. The molecule has 184 valence electrons. The number of benzene rings is 1. The smallest absolute Gasteiger partial charge is 0.396 e. The van der Waals surface area contributed by atoms with Gasteiger partial charge in [0, 0.05) is 45.5 Å². The summed E-state index contributed by atoms with van der Waals surface area (Å²) in [5.41, 5.74) is 0.0369. The van der Waals surface area contributed by atoms with Crippen LogP contribution in [0.5, 0.6) is 0 Å². The second-order valence-corrected chi connectivity index (χ2v) is 9.56. The van der Waals surface area contributed by atoms with E-state index in [0.29, 0.717) is 51.0 Å². The van der Waals surface area contributed by atoms with E-state index in [1.807, 2.05) is 0 Å². The fourth-order valence-electron chi connectivity index (χ4n) is 5.69. The minimum absolute atomic E-state index is 0.0382. The molecule has 1 amide bonds. The number of alkyl halides is 3. The fraction of sp³-hybridized carbons (Fsp3) is 0.708. The van der Waals surface area contributed by atoms with Gasteiger partial charge >= 0.3 is 6.18 Å². The molecule has 2 aliphatic heterocycles. The highest BCUT2D eigenvalue weighted by molar-refractivity contribution is 5.83. The SMILES string of the molecule is COC1COCCC1NC1CC[C@](CCO)(C(=O)N2CCc3ccc(C(F)(F)F)cc3C2)C1. The molecule has 33 heavy (non-hydrogen) atoms. The number of carbonyl (C=O) groups is 1. The average molecular weight is 471 g/mol. The number of nitrogens with zero attached hydrogens (tertiary/aromatic N) is 1. The monoisotopic (exact) mass is 470 g/mol. The number of hydrogen-bond donors (Lipinski definition) is 2. The minimum Gasteiger partial charge on any atom is -0.396 e. The van der Waals surface area contributed by atoms with E-state index in [1.54, 1.807) is 12.0 Å². The van der Waals surface area contributed by atoms with Gasteiger partial charge in [-0.05, 0) is 61.8 Å². The van der Waals surface area contributed by atoms with Gasteiger partial charge in [0.15, 0.2) is 0 Å². The molecule has 0 bridgehead atoms. The van der Waals surface area contributed by atoms with Gasteiger partial charge in [-0.2, -0.15) is 13.2 Å². The first-order chi connectivity index (χ1) is 15.8. The van der Waals surface area contributed by atoms with Gasteiger partial charge in [0.2, 0.25) is 5.91 Å². The highest BCUT2D eigenvalue weighted by Gasteiger charge is 2.48. The number of halogens is 3. The van der Waals surface area contributed by atoms with Crippen molar-refractivity contribution in [2.24, 2.45) is 5.41 Å². The standard InChI is InChI=1S/C24H33F3N2O4/c1-32-21-15-33-11-6-20(21)28-19-4-7-23(13-19,8-10-30)22(31)29-9-5-16-2-3-18(24(25,26)27)12-17(16)14-29/h2-3,12,19-21,28,30H,4-11,13-15H2,1H3/t19?,20?,21?,23-/m1/s1. The van der Waals surface area contributed by atoms with E-state index in [0.717, 1.165) is 24.5 Å². The summed E-state index contributed by atoms with van der Waals surface area (Å²) in [7, 11) is 1.67. The zero-order chi connectivity index (χ0) is 23.6. The molecule has 2 N–H and O–H groups in total. The summed E-state index contributed by atoms with van der Waals surface area (Å²) in [4.78, 5) is 15.4. The zero-order valence-corrected chi connectivity index (χ0v) is 19.0. The Balaban J connectivity index is 1.46. The summed E-state index contributed by atoms with van der Waals surface area (Å²) in [6.07, 6.45) is -0.659. The van der Waals surface area contributed by atoms with Crippen molar-refractivity contribution >= 4 is 5.91 Å². The van der Waals surface area contributed by atoms with Crippen LogP contribution in [-0.2, 0) is 33.4 Å². The summed E-state index contributed by atoms with van der Waals surface area (Å²) < 4.78 is 50.6. The van der Waals surface area contributed by atoms with Crippen molar-refractivity contribution in [2.75, 3.05) is 33.5 Å². The lowest BCUT2D eigenvalue weighted by atomic mass is 9.80. The number of hydrogen-bond acceptors (Lipinski definition) is 5. The molecule has 3 aliphatic rings. The van der Waals surface area contributed by atoms with Crippen LogP contribution in [0.25, 0.3) is 0 Å². The van der Waals surface area contributed by atoms with Crippen molar-refractivity contribution < 1.29 is 32.5 Å². The van der Waals surface area contributed by atoms with Gasteiger partial charge in [-0.25, -0.2) is 0 Å². The lowest BCUT2D eigenvalue weighted by Gasteiger charge is -2.38. The minimum atomic E-state index is -4.41. The molecule has 0 radical (unpaired) electrons. The predicted octanol–water partition coefficient (Wildman–Crippen LogP) is 2.90. The summed E-state index contributed by atoms with van der Waals surface area (Å²) in [5.74, 6) is -0.0563. The van der Waals surface area contributed by atoms with Crippen molar-refractivity contribution in [1.29, 1.82) is 0 Å². The Bertz CT molecular complexity index is 849. The Morgan fingerprint density at radius 2 is 2.15 bits per heavy atom. The molecule has 2 fully saturated rings. The van der Waals surface area contributed by atoms with E-state index in [4.69, 9.17) is 9.47 Å². The molecule has 9 heteroatoms. The molecular weight excluding hydrogens is 437 g/mol. The lowest BCUT2D eigenvalue weighted by Crippen LogP contribution is -2.51. The number of ether oxygens (including phenoxy) is 2. The van der Waals surface area contributed by atoms with Crippen molar-refractivity contribution in [3.8, 4) is 0 Å². The molecule has 3 unspecified atom stereocenters. The second-order valence-electron chi connectivity index (χ2n) is 9.56. The fourth-order valence-corrected chi connectivity index (χ4v) is 5.69. The Kier molecular flexibility index (Phi) is 7.33. The first-order valence-electron chi connectivity index (χ1n) is 11.7. The van der Waals surface area contributed by atoms with Crippen molar-refractivity contribution in [2.45, 2.75) is 69.4 Å². The van der Waals surface area contributed by atoms with E-state index in [-0.39, 0.29) is 37.2 Å². The third-order valence-corrected chi connectivity index (χ3v) is 7.54. The van der Waals surface area contributed by atoms with Crippen molar-refractivity contribution in [3.05, 3.63) is 34.9 Å². The number of rotatable bonds is 6. The second kappa shape index (κ2) is 9.90. The third-order valence-electron chi connectivity index (χ3n) is 7.54. The molecule has 2 heterocycles. The molecule has 1 aliphatic carbocycles. The van der Waals surface area contributed by atoms with Crippen LogP contribution in [0.4, 0.5) is 13.2 Å². The summed E-state index contributed by atoms with van der Waals surface area (Å²) >= 11 is 0. The van der Waals surface area contributed by atoms with Gasteiger partial charge in [-0.1, -0.05) is 6.07 Å². The van der Waals surface area contributed by atoms with Gasteiger partial charge in [0.1, 0.15) is 0 Å². The number of nitrogens with one attached hydrogen (secondary N) is 1. The van der Waals surface area contributed by atoms with E-state index < -0.39 is 17.2 Å². The molecule has 0 spiro atoms. The zero-order valence-electron chi connectivity index (χ0n) is 19.0. The number of methoxy groups -OCH3 is 1. The predicted molar refractivity (Wildman–Crippen MR) is 115 cm³/mol. The van der Waals surface area contributed by atoms with Crippen LogP contribution >= 0.6 is 0 Å². The van der Waals surface area contributed by atoms with Crippen LogP contribution in [-0.4, -0.2) is 67.6 Å². The van der Waals surface area contributed by atoms with Crippen LogP contribution < -0.4 is 5.32 Å². The highest BCUT2D eigenvalue weighted by Crippen LogP contribution is 2.44. The van der Waals surface area contributed by atoms with Crippen LogP contribution in [0.15, 0.2) is 18.2 Å². The maximum absolute atomic E-state index is 13.7. The van der Waals surface area contributed by atoms with E-state index in [2.05, 4.69) is 5.32 Å². The number of aliphatic hydroxyl groups is 1. The first kappa shape index (κ1) is 24.4. The summed E-state index contributed by atoms with van der Waals surface area (Å²) in [6.45, 7) is 1.76. The molecule has 1 saturated heterocycles. The van der Waals surface area contributed by atoms with Crippen LogP contribution in [0.2, 0.25) is 0 Å². The van der Waals surface area contributed by atoms with Gasteiger partial charge in [0.05, 0.1) is 23.7 Å². The maximum atomic E-state index is 13.7. The number of amides is 1. The van der Waals surface area contributed by atoms with E-state index in [9.17, 15) is 23.1 Å². The molecule has 4 rings (SSSR count). The van der Waals surface area contributed by atoms with E-state index >= 15 is 0 Å². The Morgan fingerprint density at radius 1 is 1.33 bits per heavy atom. The largest absolute Gasteiger partial charge is 0.416 e. The molecule has 1 aromatic carbocycles. The van der Waals surface area contributed by atoms with Crippen molar-refractivity contribution in [3.63, 3.8) is 0 Å². The van der Waals surface area contributed by atoms with Gasteiger partial charge in [0.25, 0.3) is 0 Å². The molecule has 4 atom stereocenters. The lowest BCUT2D eigenvalue weighted by molar-refractivity contribution is -0.144. The van der Waals surface area contributed by atoms with Gasteiger partial charge in [-0.15, -0.1) is 0 Å². The Hall–Kier alpha value is -1.68. The molecule has 1 aromatic rings. The maximum Gasteiger partial charge on any atom is 0.416 e. The van der Waals surface area contributed by atoms with Crippen LogP contribution in [0, 0.1) is 5.41 Å². The third kappa shape index (κ3) is 5.21. The molecule has 1 saturated carbocycles. The topological polar surface area (TPSA) is 71.0 Å². The number of aliphatic hydroxyl groups excluding tert-OH is 1. The summed E-state index contributed by atoms with van der Waals surface area (Å²) in [5, 5.41) is 13.4. The number of fused-ring (bicyclic) bond motifs is 1. The van der Waals surface area contributed by atoms with Gasteiger partial charge < -0.3 is 24.8 Å². The highest BCUT2D eigenvalue weighted by atomic mass is 19.4.